The molecule has 1 saturated heterocycles. The molecular formula is C21H31N3O3. The summed E-state index contributed by atoms with van der Waals surface area (Å²) in [7, 11) is 0. The van der Waals surface area contributed by atoms with Crippen molar-refractivity contribution in [3.8, 4) is 0 Å². The number of aryl methyl sites for hydroxylation is 2. The van der Waals surface area contributed by atoms with Gasteiger partial charge < -0.3 is 15.3 Å². The highest BCUT2D eigenvalue weighted by Crippen LogP contribution is 2.30. The van der Waals surface area contributed by atoms with Crippen molar-refractivity contribution in [1.29, 1.82) is 0 Å². The molecule has 1 atom stereocenters. The van der Waals surface area contributed by atoms with Crippen molar-refractivity contribution in [3.63, 3.8) is 0 Å². The zero-order valence-corrected chi connectivity index (χ0v) is 16.4. The van der Waals surface area contributed by atoms with Crippen LogP contribution in [0.1, 0.15) is 55.3 Å². The molecular weight excluding hydrogens is 342 g/mol. The Morgan fingerprint density at radius 2 is 2.00 bits per heavy atom. The van der Waals surface area contributed by atoms with Crippen LogP contribution in [0.15, 0.2) is 18.2 Å². The summed E-state index contributed by atoms with van der Waals surface area (Å²) in [6.45, 7) is 6.24. The molecule has 6 heteroatoms. The molecule has 0 spiro atoms. The van der Waals surface area contributed by atoms with Crippen molar-refractivity contribution in [2.45, 2.75) is 58.0 Å². The Hall–Kier alpha value is -2.08. The van der Waals surface area contributed by atoms with E-state index in [2.05, 4.69) is 30.4 Å². The van der Waals surface area contributed by atoms with E-state index in [4.69, 9.17) is 5.11 Å². The molecule has 1 heterocycles. The van der Waals surface area contributed by atoms with Crippen molar-refractivity contribution in [1.82, 2.24) is 15.1 Å². The molecule has 0 radical (unpaired) electrons. The number of likely N-dealkylation sites (tertiary alicyclic amines) is 1. The van der Waals surface area contributed by atoms with Crippen molar-refractivity contribution >= 4 is 12.0 Å². The summed E-state index contributed by atoms with van der Waals surface area (Å²) in [6, 6.07) is 6.89. The summed E-state index contributed by atoms with van der Waals surface area (Å²) >= 11 is 0. The summed E-state index contributed by atoms with van der Waals surface area (Å²) in [5, 5.41) is 12.3. The van der Waals surface area contributed by atoms with Crippen molar-refractivity contribution < 1.29 is 14.7 Å². The molecule has 27 heavy (non-hydrogen) atoms. The van der Waals surface area contributed by atoms with E-state index in [0.717, 1.165) is 38.6 Å². The number of likely N-dealkylation sites (N-methyl/N-ethyl adjacent to an activating group) is 1. The highest BCUT2D eigenvalue weighted by Gasteiger charge is 2.29. The second kappa shape index (κ2) is 8.74. The summed E-state index contributed by atoms with van der Waals surface area (Å²) in [5.41, 5.74) is 3.85. The molecule has 1 aliphatic carbocycles. The zero-order chi connectivity index (χ0) is 19.4. The van der Waals surface area contributed by atoms with Crippen molar-refractivity contribution in [3.05, 3.63) is 34.9 Å². The first-order valence-corrected chi connectivity index (χ1v) is 10.1. The molecule has 2 N–H and O–H groups in total. The third-order valence-corrected chi connectivity index (χ3v) is 5.93. The number of nitrogens with zero attached hydrogens (tertiary/aromatic N) is 2. The SMILES string of the molecule is CCN(CC(=O)O)C1CCN(C(=O)N[C@H]2CCCc3ccc(C)cc32)CC1. The van der Waals surface area contributed by atoms with E-state index in [9.17, 15) is 9.59 Å². The van der Waals surface area contributed by atoms with Gasteiger partial charge in [-0.05, 0) is 56.7 Å². The van der Waals surface area contributed by atoms with Crippen LogP contribution in [-0.4, -0.2) is 59.1 Å². The highest BCUT2D eigenvalue weighted by atomic mass is 16.4. The fourth-order valence-electron chi connectivity index (χ4n) is 4.42. The van der Waals surface area contributed by atoms with Gasteiger partial charge in [0.1, 0.15) is 0 Å². The fourth-order valence-corrected chi connectivity index (χ4v) is 4.42. The van der Waals surface area contributed by atoms with Gasteiger partial charge in [-0.15, -0.1) is 0 Å². The number of fused-ring (bicyclic) bond motifs is 1. The third kappa shape index (κ3) is 4.80. The zero-order valence-electron chi connectivity index (χ0n) is 16.4. The van der Waals surface area contributed by atoms with Crippen LogP contribution in [0.25, 0.3) is 0 Å². The molecule has 0 saturated carbocycles. The molecule has 1 fully saturated rings. The lowest BCUT2D eigenvalue weighted by Crippen LogP contribution is -2.51. The lowest BCUT2D eigenvalue weighted by Gasteiger charge is -2.38. The first-order valence-electron chi connectivity index (χ1n) is 10.1. The quantitative estimate of drug-likeness (QED) is 0.832. The second-order valence-electron chi connectivity index (χ2n) is 7.77. The first kappa shape index (κ1) is 19.7. The number of benzene rings is 1. The van der Waals surface area contributed by atoms with Gasteiger partial charge in [0.2, 0.25) is 0 Å². The Kier molecular flexibility index (Phi) is 6.37. The number of carbonyl (C=O) groups is 2. The minimum atomic E-state index is -0.789. The van der Waals surface area contributed by atoms with Crippen LogP contribution >= 0.6 is 0 Å². The first-order chi connectivity index (χ1) is 13.0. The number of piperidine rings is 1. The summed E-state index contributed by atoms with van der Waals surface area (Å²) in [6.07, 6.45) is 4.83. The van der Waals surface area contributed by atoms with Gasteiger partial charge in [0.05, 0.1) is 12.6 Å². The van der Waals surface area contributed by atoms with Crippen LogP contribution in [0.5, 0.6) is 0 Å². The maximum Gasteiger partial charge on any atom is 0.317 e. The average Bonchev–Trinajstić information content (AvgIpc) is 2.66. The smallest absolute Gasteiger partial charge is 0.317 e. The van der Waals surface area contributed by atoms with Gasteiger partial charge in [-0.2, -0.15) is 0 Å². The maximum atomic E-state index is 12.8. The van der Waals surface area contributed by atoms with Crippen LogP contribution in [0.2, 0.25) is 0 Å². The highest BCUT2D eigenvalue weighted by molar-refractivity contribution is 5.75. The number of hydrogen-bond donors (Lipinski definition) is 2. The molecule has 0 bridgehead atoms. The van der Waals surface area contributed by atoms with Gasteiger partial charge >= 0.3 is 12.0 Å². The monoisotopic (exact) mass is 373 g/mol. The Labute approximate surface area is 161 Å². The number of carboxylic acid groups (broad SMARTS) is 1. The molecule has 2 amide bonds. The predicted molar refractivity (Wildman–Crippen MR) is 105 cm³/mol. The third-order valence-electron chi connectivity index (χ3n) is 5.93. The Bertz CT molecular complexity index is 683. The van der Waals surface area contributed by atoms with E-state index < -0.39 is 5.97 Å². The standard InChI is InChI=1S/C21H31N3O3/c1-3-23(14-20(25)26)17-9-11-24(12-10-17)21(27)22-19-6-4-5-16-8-7-15(2)13-18(16)19/h7-8,13,17,19H,3-6,9-12,14H2,1-2H3,(H,22,27)(H,25,26)/t19-/m0/s1. The topological polar surface area (TPSA) is 72.9 Å². The summed E-state index contributed by atoms with van der Waals surface area (Å²) in [4.78, 5) is 27.7. The van der Waals surface area contributed by atoms with Crippen LogP contribution in [0.4, 0.5) is 4.79 Å². The number of nitrogens with one attached hydrogen (secondary N) is 1. The van der Waals surface area contributed by atoms with Crippen molar-refractivity contribution in [2.24, 2.45) is 0 Å². The van der Waals surface area contributed by atoms with Gasteiger partial charge in [0.15, 0.2) is 0 Å². The lowest BCUT2D eigenvalue weighted by atomic mass is 9.87. The molecule has 0 aromatic heterocycles. The molecule has 1 aromatic carbocycles. The van der Waals surface area contributed by atoms with Crippen LogP contribution in [-0.2, 0) is 11.2 Å². The number of hydrogen-bond acceptors (Lipinski definition) is 3. The Morgan fingerprint density at radius 3 is 2.67 bits per heavy atom. The molecule has 1 aromatic rings. The Balaban J connectivity index is 1.56. The number of carbonyl (C=O) groups excluding carboxylic acids is 1. The number of aliphatic carboxylic acids is 1. The molecule has 6 nitrogen and oxygen atoms in total. The lowest BCUT2D eigenvalue weighted by molar-refractivity contribution is -0.139. The van der Waals surface area contributed by atoms with Gasteiger partial charge in [-0.3, -0.25) is 9.69 Å². The minimum Gasteiger partial charge on any atom is -0.480 e. The van der Waals surface area contributed by atoms with Gasteiger partial charge in [0, 0.05) is 19.1 Å². The number of carboxylic acids is 1. The van der Waals surface area contributed by atoms with E-state index in [1.54, 1.807) is 0 Å². The van der Waals surface area contributed by atoms with E-state index in [-0.39, 0.29) is 24.7 Å². The summed E-state index contributed by atoms with van der Waals surface area (Å²) in [5.74, 6) is -0.789. The van der Waals surface area contributed by atoms with E-state index in [1.807, 2.05) is 16.7 Å². The second-order valence-corrected chi connectivity index (χ2v) is 7.77. The molecule has 1 aliphatic heterocycles. The van der Waals surface area contributed by atoms with Crippen molar-refractivity contribution in [2.75, 3.05) is 26.2 Å². The van der Waals surface area contributed by atoms with Gasteiger partial charge in [-0.25, -0.2) is 4.79 Å². The maximum absolute atomic E-state index is 12.8. The molecule has 2 aliphatic rings. The minimum absolute atomic E-state index is 0.00842. The van der Waals surface area contributed by atoms with Crippen LogP contribution in [0, 0.1) is 6.92 Å². The van der Waals surface area contributed by atoms with E-state index >= 15 is 0 Å². The molecule has 148 valence electrons. The van der Waals surface area contributed by atoms with E-state index in [1.165, 1.54) is 16.7 Å². The number of amides is 2. The predicted octanol–water partition coefficient (Wildman–Crippen LogP) is 2.95. The summed E-state index contributed by atoms with van der Waals surface area (Å²) < 4.78 is 0. The van der Waals surface area contributed by atoms with E-state index in [0.29, 0.717) is 13.1 Å². The van der Waals surface area contributed by atoms with Crippen LogP contribution in [0.3, 0.4) is 0 Å². The fraction of sp³-hybridized carbons (Fsp3) is 0.619. The Morgan fingerprint density at radius 1 is 1.26 bits per heavy atom. The average molecular weight is 373 g/mol. The largest absolute Gasteiger partial charge is 0.480 e. The van der Waals surface area contributed by atoms with Gasteiger partial charge in [-0.1, -0.05) is 30.7 Å². The number of rotatable bonds is 5. The van der Waals surface area contributed by atoms with Crippen LogP contribution < -0.4 is 5.32 Å². The molecule has 0 unspecified atom stereocenters. The van der Waals surface area contributed by atoms with Gasteiger partial charge in [0.25, 0.3) is 0 Å². The number of urea groups is 1. The molecule has 3 rings (SSSR count). The normalized spacial score (nSPS) is 20.4.